The molecule has 0 saturated heterocycles. The SMILES string of the molecule is CCCCCCCCCCCCCCC(=O)OC[C@@H](COC(=O)CCCCCCCCCC(C)C)OC(=O)CCCCCCCCCCCCCC(C)C. The van der Waals surface area contributed by atoms with Crippen molar-refractivity contribution in [3.63, 3.8) is 0 Å². The zero-order chi connectivity index (χ0) is 39.7. The van der Waals surface area contributed by atoms with Crippen LogP contribution in [0.1, 0.15) is 259 Å². The van der Waals surface area contributed by atoms with Gasteiger partial charge in [-0.1, -0.05) is 221 Å². The minimum absolute atomic E-state index is 0.0648. The summed E-state index contributed by atoms with van der Waals surface area (Å²) in [6, 6.07) is 0. The van der Waals surface area contributed by atoms with Crippen molar-refractivity contribution >= 4 is 17.9 Å². The minimum Gasteiger partial charge on any atom is -0.462 e. The maximum Gasteiger partial charge on any atom is 0.306 e. The van der Waals surface area contributed by atoms with Gasteiger partial charge in [0.1, 0.15) is 13.2 Å². The molecule has 0 unspecified atom stereocenters. The number of esters is 3. The van der Waals surface area contributed by atoms with Gasteiger partial charge < -0.3 is 14.2 Å². The van der Waals surface area contributed by atoms with Crippen molar-refractivity contribution in [2.24, 2.45) is 11.8 Å². The highest BCUT2D eigenvalue weighted by Gasteiger charge is 2.19. The fourth-order valence-corrected chi connectivity index (χ4v) is 7.11. The summed E-state index contributed by atoms with van der Waals surface area (Å²) in [5, 5.41) is 0. The second-order valence-electron chi connectivity index (χ2n) is 17.3. The average molecular weight is 765 g/mol. The van der Waals surface area contributed by atoms with E-state index in [1.165, 1.54) is 148 Å². The molecule has 0 N–H and O–H groups in total. The predicted molar refractivity (Wildman–Crippen MR) is 229 cm³/mol. The van der Waals surface area contributed by atoms with Gasteiger partial charge in [0.15, 0.2) is 6.10 Å². The molecule has 0 aliphatic heterocycles. The normalized spacial score (nSPS) is 12.1. The Balaban J connectivity index is 4.33. The van der Waals surface area contributed by atoms with Crippen LogP contribution in [0.2, 0.25) is 0 Å². The zero-order valence-electron chi connectivity index (χ0n) is 36.8. The molecular weight excluding hydrogens is 673 g/mol. The summed E-state index contributed by atoms with van der Waals surface area (Å²) in [6.07, 6.45) is 39.5. The third kappa shape index (κ3) is 41.6. The molecule has 6 heteroatoms. The van der Waals surface area contributed by atoms with Crippen molar-refractivity contribution in [3.05, 3.63) is 0 Å². The topological polar surface area (TPSA) is 78.9 Å². The Morgan fingerprint density at radius 1 is 0.352 bits per heavy atom. The Bertz CT molecular complexity index is 824. The quantitative estimate of drug-likeness (QED) is 0.0350. The second-order valence-corrected chi connectivity index (χ2v) is 17.3. The van der Waals surface area contributed by atoms with Gasteiger partial charge in [-0.25, -0.2) is 0 Å². The summed E-state index contributed by atoms with van der Waals surface area (Å²) >= 11 is 0. The van der Waals surface area contributed by atoms with Crippen LogP contribution in [0.3, 0.4) is 0 Å². The Labute approximate surface area is 336 Å². The number of unbranched alkanes of at least 4 members (excludes halogenated alkanes) is 27. The van der Waals surface area contributed by atoms with Crippen LogP contribution >= 0.6 is 0 Å². The lowest BCUT2D eigenvalue weighted by Gasteiger charge is -2.18. The number of carbonyl (C=O) groups excluding carboxylic acids is 3. The van der Waals surface area contributed by atoms with Gasteiger partial charge in [-0.15, -0.1) is 0 Å². The molecule has 0 amide bonds. The third-order valence-electron chi connectivity index (χ3n) is 10.7. The van der Waals surface area contributed by atoms with E-state index < -0.39 is 6.10 Å². The summed E-state index contributed by atoms with van der Waals surface area (Å²) < 4.78 is 16.7. The Kier molecular flexibility index (Phi) is 39.8. The standard InChI is InChI=1S/C48H92O6/c1-6-7-8-9-10-11-12-15-18-23-28-33-38-46(49)52-41-45(42-53-47(50)39-34-29-25-20-22-27-32-37-44(4)5)54-48(51)40-35-30-24-19-16-13-14-17-21-26-31-36-43(2)3/h43-45H,6-42H2,1-5H3/t45-/m0/s1. The maximum atomic E-state index is 12.7. The molecule has 6 nitrogen and oxygen atoms in total. The van der Waals surface area contributed by atoms with Crippen LogP contribution < -0.4 is 0 Å². The molecule has 0 fully saturated rings. The molecule has 0 heterocycles. The number of carbonyl (C=O) groups is 3. The number of hydrogen-bond donors (Lipinski definition) is 0. The Hall–Kier alpha value is -1.59. The molecule has 0 radical (unpaired) electrons. The number of hydrogen-bond acceptors (Lipinski definition) is 6. The fourth-order valence-electron chi connectivity index (χ4n) is 7.11. The van der Waals surface area contributed by atoms with E-state index in [-0.39, 0.29) is 31.1 Å². The van der Waals surface area contributed by atoms with Crippen molar-refractivity contribution in [1.82, 2.24) is 0 Å². The van der Waals surface area contributed by atoms with Crippen molar-refractivity contribution < 1.29 is 28.6 Å². The van der Waals surface area contributed by atoms with E-state index in [9.17, 15) is 14.4 Å². The summed E-state index contributed by atoms with van der Waals surface area (Å²) in [5.74, 6) is 0.749. The highest BCUT2D eigenvalue weighted by molar-refractivity contribution is 5.71. The molecule has 0 spiro atoms. The van der Waals surface area contributed by atoms with Gasteiger partial charge in [0, 0.05) is 19.3 Å². The highest BCUT2D eigenvalue weighted by Crippen LogP contribution is 2.17. The predicted octanol–water partition coefficient (Wildman–Crippen LogP) is 15.0. The summed E-state index contributed by atoms with van der Waals surface area (Å²) in [6.45, 7) is 11.3. The van der Waals surface area contributed by atoms with Gasteiger partial charge in [0.05, 0.1) is 0 Å². The van der Waals surface area contributed by atoms with Crippen molar-refractivity contribution in [3.8, 4) is 0 Å². The average Bonchev–Trinajstić information content (AvgIpc) is 3.14. The lowest BCUT2D eigenvalue weighted by Crippen LogP contribution is -2.30. The second kappa shape index (κ2) is 41.1. The van der Waals surface area contributed by atoms with Gasteiger partial charge in [0.25, 0.3) is 0 Å². The Morgan fingerprint density at radius 2 is 0.611 bits per heavy atom. The highest BCUT2D eigenvalue weighted by atomic mass is 16.6. The van der Waals surface area contributed by atoms with Crippen LogP contribution in [0, 0.1) is 11.8 Å². The van der Waals surface area contributed by atoms with E-state index in [1.807, 2.05) is 0 Å². The first-order chi connectivity index (χ1) is 26.2. The molecule has 1 atom stereocenters. The van der Waals surface area contributed by atoms with Crippen molar-refractivity contribution in [2.75, 3.05) is 13.2 Å². The molecule has 320 valence electrons. The molecule has 0 saturated carbocycles. The van der Waals surface area contributed by atoms with E-state index in [4.69, 9.17) is 14.2 Å². The van der Waals surface area contributed by atoms with Crippen LogP contribution in [0.5, 0.6) is 0 Å². The van der Waals surface area contributed by atoms with Crippen LogP contribution in [0.4, 0.5) is 0 Å². The summed E-state index contributed by atoms with van der Waals surface area (Å²) in [4.78, 5) is 37.7. The number of ether oxygens (including phenoxy) is 3. The molecule has 0 aliphatic carbocycles. The lowest BCUT2D eigenvalue weighted by molar-refractivity contribution is -0.167. The van der Waals surface area contributed by atoms with Gasteiger partial charge in [0.2, 0.25) is 0 Å². The Morgan fingerprint density at radius 3 is 0.907 bits per heavy atom. The fraction of sp³-hybridized carbons (Fsp3) is 0.938. The van der Waals surface area contributed by atoms with Gasteiger partial charge in [-0.05, 0) is 31.1 Å². The zero-order valence-corrected chi connectivity index (χ0v) is 36.8. The van der Waals surface area contributed by atoms with Gasteiger partial charge in [-0.2, -0.15) is 0 Å². The third-order valence-corrected chi connectivity index (χ3v) is 10.7. The minimum atomic E-state index is -0.761. The van der Waals surface area contributed by atoms with Crippen LogP contribution in [0.15, 0.2) is 0 Å². The maximum absolute atomic E-state index is 12.7. The molecule has 0 bridgehead atoms. The first-order valence-corrected chi connectivity index (χ1v) is 23.7. The smallest absolute Gasteiger partial charge is 0.306 e. The molecule has 0 aromatic carbocycles. The lowest BCUT2D eigenvalue weighted by atomic mass is 10.0. The molecule has 0 aliphatic rings. The monoisotopic (exact) mass is 765 g/mol. The van der Waals surface area contributed by atoms with Crippen LogP contribution in [-0.2, 0) is 28.6 Å². The van der Waals surface area contributed by atoms with E-state index in [2.05, 4.69) is 34.6 Å². The summed E-state index contributed by atoms with van der Waals surface area (Å²) in [5.41, 5.74) is 0. The molecule has 0 aromatic heterocycles. The van der Waals surface area contributed by atoms with Crippen molar-refractivity contribution in [1.29, 1.82) is 0 Å². The van der Waals surface area contributed by atoms with Gasteiger partial charge >= 0.3 is 17.9 Å². The largest absolute Gasteiger partial charge is 0.462 e. The molecule has 54 heavy (non-hydrogen) atoms. The van der Waals surface area contributed by atoms with Crippen LogP contribution in [0.25, 0.3) is 0 Å². The molecular formula is C48H92O6. The molecule has 0 aromatic rings. The van der Waals surface area contributed by atoms with Gasteiger partial charge in [-0.3, -0.25) is 14.4 Å². The van der Waals surface area contributed by atoms with E-state index in [0.717, 1.165) is 69.6 Å². The first kappa shape index (κ1) is 52.4. The van der Waals surface area contributed by atoms with Crippen molar-refractivity contribution in [2.45, 2.75) is 265 Å². The summed E-state index contributed by atoms with van der Waals surface area (Å²) in [7, 11) is 0. The first-order valence-electron chi connectivity index (χ1n) is 23.7. The van der Waals surface area contributed by atoms with E-state index in [0.29, 0.717) is 19.3 Å². The van der Waals surface area contributed by atoms with Crippen LogP contribution in [-0.4, -0.2) is 37.2 Å². The molecule has 0 rings (SSSR count). The van der Waals surface area contributed by atoms with E-state index in [1.54, 1.807) is 0 Å². The number of rotatable bonds is 42. The van der Waals surface area contributed by atoms with E-state index >= 15 is 0 Å².